The van der Waals surface area contributed by atoms with Gasteiger partial charge in [-0.1, -0.05) is 6.92 Å². The molecule has 176 valence electrons. The summed E-state index contributed by atoms with van der Waals surface area (Å²) >= 11 is 0. The van der Waals surface area contributed by atoms with Crippen molar-refractivity contribution in [2.24, 2.45) is 0 Å². The second-order valence-corrected chi connectivity index (χ2v) is 8.37. The van der Waals surface area contributed by atoms with Crippen LogP contribution in [-0.4, -0.2) is 27.2 Å². The number of hydrogen-bond acceptors (Lipinski definition) is 8. The summed E-state index contributed by atoms with van der Waals surface area (Å²) < 4.78 is 83.0. The number of halogens is 3. The Bertz CT molecular complexity index is 1340. The van der Waals surface area contributed by atoms with Crippen LogP contribution in [0.1, 0.15) is 29.5 Å². The molecule has 3 rings (SSSR count). The van der Waals surface area contributed by atoms with E-state index in [9.17, 15) is 31.2 Å². The lowest BCUT2D eigenvalue weighted by Gasteiger charge is -2.14. The first kappa shape index (κ1) is 24.1. The second-order valence-electron chi connectivity index (χ2n) is 6.79. The zero-order chi connectivity index (χ0) is 24.4. The SMILES string of the molecule is CCCOC(=O)c1ccc(Oc2c(C(F)(F)F)oc3cc(OS(C)(=O)=O)ccc3c2=O)cc1. The first-order chi connectivity index (χ1) is 15.4. The minimum atomic E-state index is -5.11. The van der Waals surface area contributed by atoms with E-state index in [-0.39, 0.29) is 29.1 Å². The fourth-order valence-electron chi connectivity index (χ4n) is 2.72. The van der Waals surface area contributed by atoms with Gasteiger partial charge in [0.2, 0.25) is 11.2 Å². The number of carbonyl (C=O) groups is 1. The van der Waals surface area contributed by atoms with Crippen molar-refractivity contribution >= 4 is 27.1 Å². The third-order valence-corrected chi connectivity index (χ3v) is 4.57. The Morgan fingerprint density at radius 3 is 2.27 bits per heavy atom. The number of alkyl halides is 3. The van der Waals surface area contributed by atoms with E-state index in [0.717, 1.165) is 24.5 Å². The Morgan fingerprint density at radius 2 is 1.70 bits per heavy atom. The highest BCUT2D eigenvalue weighted by Gasteiger charge is 2.40. The fourth-order valence-corrected chi connectivity index (χ4v) is 3.17. The highest BCUT2D eigenvalue weighted by atomic mass is 32.2. The number of carbonyl (C=O) groups excluding carboxylic acids is 1. The first-order valence-electron chi connectivity index (χ1n) is 9.41. The van der Waals surface area contributed by atoms with E-state index in [2.05, 4.69) is 4.18 Å². The van der Waals surface area contributed by atoms with Crippen LogP contribution in [0.5, 0.6) is 17.2 Å². The lowest BCUT2D eigenvalue weighted by atomic mass is 10.2. The molecule has 0 aliphatic carbocycles. The minimum Gasteiger partial charge on any atom is -0.462 e. The van der Waals surface area contributed by atoms with E-state index in [1.54, 1.807) is 0 Å². The lowest BCUT2D eigenvalue weighted by Crippen LogP contribution is -2.15. The van der Waals surface area contributed by atoms with Gasteiger partial charge in [-0.05, 0) is 42.8 Å². The monoisotopic (exact) mass is 486 g/mol. The maximum absolute atomic E-state index is 13.6. The van der Waals surface area contributed by atoms with Crippen LogP contribution >= 0.6 is 0 Å². The van der Waals surface area contributed by atoms with Crippen LogP contribution in [0.15, 0.2) is 51.7 Å². The number of hydrogen-bond donors (Lipinski definition) is 0. The Labute approximate surface area is 185 Å². The van der Waals surface area contributed by atoms with Crippen LogP contribution in [0.4, 0.5) is 13.2 Å². The molecule has 3 aromatic rings. The quantitative estimate of drug-likeness (QED) is 0.355. The molecule has 0 saturated heterocycles. The van der Waals surface area contributed by atoms with Crippen LogP contribution in [0, 0.1) is 0 Å². The number of esters is 1. The molecular weight excluding hydrogens is 469 g/mol. The standard InChI is InChI=1S/C21H17F3O8S/c1-3-10-29-20(26)12-4-6-13(7-5-12)30-18-17(25)15-9-8-14(32-33(2,27)28)11-16(15)31-19(18)21(22,23)24/h4-9,11H,3,10H2,1-2H3. The Hall–Kier alpha value is -3.54. The third-order valence-electron chi connectivity index (χ3n) is 4.07. The number of ether oxygens (including phenoxy) is 2. The fraction of sp³-hybridized carbons (Fsp3) is 0.238. The van der Waals surface area contributed by atoms with Gasteiger partial charge in [0, 0.05) is 6.07 Å². The molecule has 0 fully saturated rings. The number of fused-ring (bicyclic) bond motifs is 1. The Morgan fingerprint density at radius 1 is 1.06 bits per heavy atom. The van der Waals surface area contributed by atoms with Crippen LogP contribution in [0.2, 0.25) is 0 Å². The van der Waals surface area contributed by atoms with Crippen molar-refractivity contribution in [3.05, 3.63) is 64.0 Å². The van der Waals surface area contributed by atoms with E-state index in [4.69, 9.17) is 13.9 Å². The molecule has 0 aliphatic rings. The third kappa shape index (κ3) is 5.83. The summed E-state index contributed by atoms with van der Waals surface area (Å²) in [5.74, 6) is -3.94. The normalized spacial score (nSPS) is 11.9. The summed E-state index contributed by atoms with van der Waals surface area (Å²) in [6.45, 7) is 2.03. The van der Waals surface area contributed by atoms with Crippen LogP contribution in [-0.2, 0) is 21.0 Å². The van der Waals surface area contributed by atoms with Crippen LogP contribution < -0.4 is 14.3 Å². The van der Waals surface area contributed by atoms with E-state index < -0.39 is 44.8 Å². The summed E-state index contributed by atoms with van der Waals surface area (Å²) in [7, 11) is -3.96. The average molecular weight is 486 g/mol. The van der Waals surface area contributed by atoms with E-state index in [1.165, 1.54) is 24.3 Å². The van der Waals surface area contributed by atoms with Crippen molar-refractivity contribution in [3.8, 4) is 17.2 Å². The van der Waals surface area contributed by atoms with Gasteiger partial charge < -0.3 is 18.1 Å². The minimum absolute atomic E-state index is 0.149. The van der Waals surface area contributed by atoms with Crippen molar-refractivity contribution in [1.29, 1.82) is 0 Å². The molecule has 0 amide bonds. The first-order valence-corrected chi connectivity index (χ1v) is 11.2. The van der Waals surface area contributed by atoms with Gasteiger partial charge in [0.25, 0.3) is 5.76 Å². The highest BCUT2D eigenvalue weighted by Crippen LogP contribution is 2.38. The van der Waals surface area contributed by atoms with Gasteiger partial charge in [-0.2, -0.15) is 21.6 Å². The summed E-state index contributed by atoms with van der Waals surface area (Å²) in [5, 5.41) is -0.293. The Balaban J connectivity index is 2.03. The molecule has 0 N–H and O–H groups in total. The van der Waals surface area contributed by atoms with Gasteiger partial charge in [0.1, 0.15) is 17.1 Å². The molecule has 0 bridgehead atoms. The summed E-state index contributed by atoms with van der Waals surface area (Å²) in [6.07, 6.45) is -3.74. The molecule has 1 heterocycles. The predicted molar refractivity (Wildman–Crippen MR) is 110 cm³/mol. The molecule has 0 spiro atoms. The Kier molecular flexibility index (Phi) is 6.68. The van der Waals surface area contributed by atoms with E-state index in [0.29, 0.717) is 6.42 Å². The van der Waals surface area contributed by atoms with Gasteiger partial charge in [-0.25, -0.2) is 4.79 Å². The zero-order valence-electron chi connectivity index (χ0n) is 17.3. The molecule has 0 aliphatic heterocycles. The molecule has 0 radical (unpaired) electrons. The zero-order valence-corrected chi connectivity index (χ0v) is 18.1. The number of rotatable bonds is 7. The van der Waals surface area contributed by atoms with Gasteiger partial charge in [-0.15, -0.1) is 0 Å². The van der Waals surface area contributed by atoms with Gasteiger partial charge >= 0.3 is 22.3 Å². The van der Waals surface area contributed by atoms with Crippen LogP contribution in [0.25, 0.3) is 11.0 Å². The summed E-state index contributed by atoms with van der Waals surface area (Å²) in [5.41, 5.74) is -1.54. The molecule has 12 heteroatoms. The summed E-state index contributed by atoms with van der Waals surface area (Å²) in [4.78, 5) is 24.6. The molecule has 33 heavy (non-hydrogen) atoms. The molecule has 0 saturated carbocycles. The highest BCUT2D eigenvalue weighted by molar-refractivity contribution is 7.86. The van der Waals surface area contributed by atoms with Crippen molar-refractivity contribution in [2.75, 3.05) is 12.9 Å². The average Bonchev–Trinajstić information content (AvgIpc) is 2.72. The largest absolute Gasteiger partial charge is 0.462 e. The van der Waals surface area contributed by atoms with Crippen LogP contribution in [0.3, 0.4) is 0 Å². The summed E-state index contributed by atoms with van der Waals surface area (Å²) in [6, 6.07) is 7.96. The van der Waals surface area contributed by atoms with Gasteiger partial charge in [0.15, 0.2) is 0 Å². The predicted octanol–water partition coefficient (Wildman–Crippen LogP) is 4.51. The molecular formula is C21H17F3O8S. The molecule has 8 nitrogen and oxygen atoms in total. The molecule has 2 aromatic carbocycles. The van der Waals surface area contributed by atoms with E-state index in [1.807, 2.05) is 6.92 Å². The van der Waals surface area contributed by atoms with Crippen molar-refractivity contribution in [3.63, 3.8) is 0 Å². The maximum Gasteiger partial charge on any atom is 0.453 e. The van der Waals surface area contributed by atoms with Gasteiger partial charge in [0.05, 0.1) is 23.8 Å². The topological polar surface area (TPSA) is 109 Å². The van der Waals surface area contributed by atoms with E-state index >= 15 is 0 Å². The van der Waals surface area contributed by atoms with Crippen molar-refractivity contribution in [1.82, 2.24) is 0 Å². The molecule has 0 unspecified atom stereocenters. The van der Waals surface area contributed by atoms with Crippen molar-refractivity contribution < 1.29 is 44.5 Å². The maximum atomic E-state index is 13.6. The van der Waals surface area contributed by atoms with Crippen molar-refractivity contribution in [2.45, 2.75) is 19.5 Å². The second kappa shape index (κ2) is 9.14. The molecule has 1 aromatic heterocycles. The smallest absolute Gasteiger partial charge is 0.453 e. The van der Waals surface area contributed by atoms with Gasteiger partial charge in [-0.3, -0.25) is 4.79 Å². The number of benzene rings is 2. The lowest BCUT2D eigenvalue weighted by molar-refractivity contribution is -0.154. The molecule has 0 atom stereocenters.